The van der Waals surface area contributed by atoms with Crippen molar-refractivity contribution in [3.63, 3.8) is 0 Å². The minimum absolute atomic E-state index is 0.159. The van der Waals surface area contributed by atoms with Crippen LogP contribution in [0.5, 0.6) is 0 Å². The second-order valence-electron chi connectivity index (χ2n) is 4.83. The van der Waals surface area contributed by atoms with Crippen molar-refractivity contribution in [3.8, 4) is 11.3 Å². The van der Waals surface area contributed by atoms with Gasteiger partial charge in [0.2, 0.25) is 0 Å². The number of carbonyl (C=O) groups is 1. The van der Waals surface area contributed by atoms with Crippen LogP contribution in [0.25, 0.3) is 11.3 Å². The second-order valence-corrected chi connectivity index (χ2v) is 4.83. The molecule has 17 heavy (non-hydrogen) atoms. The molecular weight excluding hydrogens is 212 g/mol. The molecule has 3 heteroatoms. The maximum Gasteiger partial charge on any atom is 0.138 e. The van der Waals surface area contributed by atoms with Crippen molar-refractivity contribution in [3.05, 3.63) is 42.4 Å². The van der Waals surface area contributed by atoms with Crippen molar-refractivity contribution in [2.24, 2.45) is 5.92 Å². The van der Waals surface area contributed by atoms with Crippen LogP contribution in [0.4, 0.5) is 0 Å². The molecule has 1 fully saturated rings. The lowest BCUT2D eigenvalue weighted by Gasteiger charge is -2.31. The molecule has 2 aromatic rings. The van der Waals surface area contributed by atoms with Crippen molar-refractivity contribution in [2.75, 3.05) is 0 Å². The van der Waals surface area contributed by atoms with E-state index in [0.29, 0.717) is 5.78 Å². The quantitative estimate of drug-likeness (QED) is 0.745. The number of benzene rings is 1. The fourth-order valence-corrected chi connectivity index (χ4v) is 3.05. The first-order valence-corrected chi connectivity index (χ1v) is 6.00. The first kappa shape index (κ1) is 9.16. The van der Waals surface area contributed by atoms with E-state index in [9.17, 15) is 4.79 Å². The molecule has 1 aliphatic carbocycles. The highest BCUT2D eigenvalue weighted by molar-refractivity contribution is 5.88. The number of Topliss-reactive ketones (excluding diaryl/α,β-unsaturated/α-hetero) is 1. The lowest BCUT2D eigenvalue weighted by Crippen LogP contribution is -2.33. The molecule has 2 atom stereocenters. The molecule has 1 aromatic heterocycles. The summed E-state index contributed by atoms with van der Waals surface area (Å²) >= 11 is 0. The van der Waals surface area contributed by atoms with Crippen LogP contribution in [-0.2, 0) is 4.79 Å². The molecule has 0 radical (unpaired) electrons. The molecule has 1 aromatic carbocycles. The number of carbonyl (C=O) groups excluding carboxylic acids is 1. The van der Waals surface area contributed by atoms with Crippen LogP contribution in [0.3, 0.4) is 0 Å². The van der Waals surface area contributed by atoms with E-state index in [1.54, 1.807) is 0 Å². The molecule has 3 nitrogen and oxygen atoms in total. The van der Waals surface area contributed by atoms with Crippen LogP contribution in [0.1, 0.15) is 24.4 Å². The van der Waals surface area contributed by atoms with Gasteiger partial charge in [0.15, 0.2) is 0 Å². The fourth-order valence-electron chi connectivity index (χ4n) is 3.05. The van der Waals surface area contributed by atoms with E-state index in [1.807, 2.05) is 18.6 Å². The third-order valence-electron chi connectivity index (χ3n) is 4.02. The van der Waals surface area contributed by atoms with Crippen LogP contribution in [0.15, 0.2) is 36.8 Å². The van der Waals surface area contributed by atoms with Gasteiger partial charge in [-0.3, -0.25) is 4.79 Å². The summed E-state index contributed by atoms with van der Waals surface area (Å²) in [6.45, 7) is 0. The minimum Gasteiger partial charge on any atom is -0.322 e. The maximum absolute atomic E-state index is 11.7. The normalized spacial score (nSPS) is 25.3. The van der Waals surface area contributed by atoms with Gasteiger partial charge in [0.05, 0.1) is 24.3 Å². The number of rotatable bonds is 1. The van der Waals surface area contributed by atoms with Gasteiger partial charge >= 0.3 is 0 Å². The number of hydrogen-bond donors (Lipinski definition) is 0. The summed E-state index contributed by atoms with van der Waals surface area (Å²) in [4.78, 5) is 15.9. The molecule has 1 aliphatic heterocycles. The largest absolute Gasteiger partial charge is 0.322 e. The maximum atomic E-state index is 11.7. The van der Waals surface area contributed by atoms with E-state index in [4.69, 9.17) is 0 Å². The highest BCUT2D eigenvalue weighted by Gasteiger charge is 2.41. The Kier molecular flexibility index (Phi) is 1.65. The van der Waals surface area contributed by atoms with Crippen LogP contribution in [0, 0.1) is 5.92 Å². The summed E-state index contributed by atoms with van der Waals surface area (Å²) in [6, 6.07) is 8.53. The van der Waals surface area contributed by atoms with E-state index in [1.165, 1.54) is 11.1 Å². The van der Waals surface area contributed by atoms with Gasteiger partial charge in [0.25, 0.3) is 0 Å². The van der Waals surface area contributed by atoms with Crippen molar-refractivity contribution in [1.29, 1.82) is 0 Å². The topological polar surface area (TPSA) is 34.9 Å². The molecule has 1 saturated carbocycles. The zero-order valence-electron chi connectivity index (χ0n) is 9.34. The fraction of sp³-hybridized carbons (Fsp3) is 0.286. The number of nitrogens with zero attached hydrogens (tertiary/aromatic N) is 2. The van der Waals surface area contributed by atoms with E-state index in [2.05, 4.69) is 27.8 Å². The highest BCUT2D eigenvalue weighted by Crippen LogP contribution is 2.47. The lowest BCUT2D eigenvalue weighted by atomic mass is 9.76. The van der Waals surface area contributed by atoms with Crippen molar-refractivity contribution in [1.82, 2.24) is 9.55 Å². The summed E-state index contributed by atoms with van der Waals surface area (Å²) in [5.74, 6) is 0.554. The highest BCUT2D eigenvalue weighted by atomic mass is 16.1. The third kappa shape index (κ3) is 1.06. The van der Waals surface area contributed by atoms with E-state index >= 15 is 0 Å². The zero-order chi connectivity index (χ0) is 11.4. The number of ketones is 1. The van der Waals surface area contributed by atoms with Crippen LogP contribution in [0.2, 0.25) is 0 Å². The van der Waals surface area contributed by atoms with E-state index in [0.717, 1.165) is 18.5 Å². The van der Waals surface area contributed by atoms with Crippen LogP contribution >= 0.6 is 0 Å². The molecular formula is C14H12N2O. The Morgan fingerprint density at radius 1 is 1.29 bits per heavy atom. The Morgan fingerprint density at radius 2 is 2.18 bits per heavy atom. The van der Waals surface area contributed by atoms with Crippen LogP contribution in [-0.4, -0.2) is 15.3 Å². The van der Waals surface area contributed by atoms with Gasteiger partial charge < -0.3 is 4.57 Å². The predicted molar refractivity (Wildman–Crippen MR) is 63.5 cm³/mol. The lowest BCUT2D eigenvalue weighted by molar-refractivity contribution is -0.130. The van der Waals surface area contributed by atoms with Gasteiger partial charge in [-0.1, -0.05) is 24.3 Å². The summed E-state index contributed by atoms with van der Waals surface area (Å²) in [6.07, 6.45) is 5.50. The molecule has 0 saturated heterocycles. The van der Waals surface area contributed by atoms with Crippen molar-refractivity contribution in [2.45, 2.75) is 18.9 Å². The molecule has 0 bridgehead atoms. The molecule has 0 N–H and O–H groups in total. The summed E-state index contributed by atoms with van der Waals surface area (Å²) in [5, 5.41) is 0. The van der Waals surface area contributed by atoms with Gasteiger partial charge in [-0.2, -0.15) is 0 Å². The Bertz CT molecular complexity index is 614. The average molecular weight is 224 g/mol. The second kappa shape index (κ2) is 3.06. The third-order valence-corrected chi connectivity index (χ3v) is 4.02. The Labute approximate surface area is 99.1 Å². The van der Waals surface area contributed by atoms with Gasteiger partial charge in [0, 0.05) is 17.9 Å². The molecule has 2 aliphatic rings. The monoisotopic (exact) mass is 224 g/mol. The Balaban J connectivity index is 1.93. The molecule has 4 rings (SSSR count). The SMILES string of the molecule is O=C1CC[C@@H]1[C@@H]1c2ccccc2-c2cncn21. The molecule has 84 valence electrons. The molecule has 0 unspecified atom stereocenters. The van der Waals surface area contributed by atoms with E-state index in [-0.39, 0.29) is 12.0 Å². The first-order chi connectivity index (χ1) is 8.36. The Morgan fingerprint density at radius 3 is 2.94 bits per heavy atom. The smallest absolute Gasteiger partial charge is 0.138 e. The summed E-state index contributed by atoms with van der Waals surface area (Å²) in [7, 11) is 0. The predicted octanol–water partition coefficient (Wildman–Crippen LogP) is 2.43. The number of aromatic nitrogens is 2. The number of imidazole rings is 1. The van der Waals surface area contributed by atoms with Crippen molar-refractivity contribution >= 4 is 5.78 Å². The Hall–Kier alpha value is -1.90. The minimum atomic E-state index is 0.159. The van der Waals surface area contributed by atoms with Crippen molar-refractivity contribution < 1.29 is 4.79 Å². The van der Waals surface area contributed by atoms with E-state index < -0.39 is 0 Å². The van der Waals surface area contributed by atoms with Gasteiger partial charge in [-0.15, -0.1) is 0 Å². The van der Waals surface area contributed by atoms with Gasteiger partial charge in [-0.05, 0) is 12.0 Å². The zero-order valence-corrected chi connectivity index (χ0v) is 9.34. The van der Waals surface area contributed by atoms with Crippen LogP contribution < -0.4 is 0 Å². The van der Waals surface area contributed by atoms with Gasteiger partial charge in [0.1, 0.15) is 5.78 Å². The number of fused-ring (bicyclic) bond motifs is 3. The first-order valence-electron chi connectivity index (χ1n) is 6.00. The average Bonchev–Trinajstić information content (AvgIpc) is 2.91. The number of hydrogen-bond acceptors (Lipinski definition) is 2. The van der Waals surface area contributed by atoms with Gasteiger partial charge in [-0.25, -0.2) is 4.98 Å². The standard InChI is InChI=1S/C14H12N2O/c17-13-6-5-11(13)14-10-4-2-1-3-9(10)12-7-15-8-16(12)14/h1-4,7-8,11,14H,5-6H2/t11-,14-/m0/s1. The molecule has 0 amide bonds. The molecule has 0 spiro atoms. The summed E-state index contributed by atoms with van der Waals surface area (Å²) in [5.41, 5.74) is 3.66. The summed E-state index contributed by atoms with van der Waals surface area (Å²) < 4.78 is 2.16. The molecule has 2 heterocycles.